The number of carbonyl (C=O) groups excluding carboxylic acids is 1. The fourth-order valence-corrected chi connectivity index (χ4v) is 1.66. The molecule has 1 amide bonds. The molecule has 0 aromatic carbocycles. The van der Waals surface area contributed by atoms with Gasteiger partial charge in [-0.05, 0) is 18.3 Å². The molecule has 1 atom stereocenters. The zero-order valence-electron chi connectivity index (χ0n) is 9.92. The van der Waals surface area contributed by atoms with Gasteiger partial charge in [0, 0.05) is 19.6 Å². The van der Waals surface area contributed by atoms with Crippen molar-refractivity contribution in [3.05, 3.63) is 0 Å². The van der Waals surface area contributed by atoms with Crippen molar-refractivity contribution in [1.82, 2.24) is 10.4 Å². The number of amides is 1. The number of carbonyl (C=O) groups is 1. The van der Waals surface area contributed by atoms with Crippen LogP contribution in [0.2, 0.25) is 0 Å². The first kappa shape index (κ1) is 12.5. The molecule has 2 N–H and O–H groups in total. The lowest BCUT2D eigenvalue weighted by Crippen LogP contribution is -2.34. The van der Waals surface area contributed by atoms with Crippen LogP contribution in [-0.2, 0) is 4.79 Å². The van der Waals surface area contributed by atoms with E-state index in [1.54, 1.807) is 0 Å². The fraction of sp³-hybridized carbons (Fsp3) is 0.909. The molecule has 1 rings (SSSR count). The van der Waals surface area contributed by atoms with Crippen LogP contribution >= 0.6 is 0 Å². The van der Waals surface area contributed by atoms with Crippen molar-refractivity contribution < 1.29 is 10.0 Å². The van der Waals surface area contributed by atoms with Gasteiger partial charge in [-0.15, -0.1) is 0 Å². The van der Waals surface area contributed by atoms with Crippen LogP contribution in [0.3, 0.4) is 0 Å². The van der Waals surface area contributed by atoms with Gasteiger partial charge in [0.25, 0.3) is 0 Å². The van der Waals surface area contributed by atoms with Crippen molar-refractivity contribution >= 4 is 5.91 Å². The molecule has 0 aromatic rings. The number of nitrogens with zero attached hydrogens (tertiary/aromatic N) is 1. The average Bonchev–Trinajstić information content (AvgIpc) is 2.49. The summed E-state index contributed by atoms with van der Waals surface area (Å²) in [5.41, 5.74) is 0.256. The molecule has 4 heteroatoms. The molecule has 0 spiro atoms. The van der Waals surface area contributed by atoms with Gasteiger partial charge in [-0.1, -0.05) is 20.8 Å². The Morgan fingerprint density at radius 1 is 1.53 bits per heavy atom. The first-order valence-corrected chi connectivity index (χ1v) is 5.60. The van der Waals surface area contributed by atoms with Crippen molar-refractivity contribution in [2.24, 2.45) is 11.3 Å². The smallest absolute Gasteiger partial charge is 0.224 e. The van der Waals surface area contributed by atoms with Crippen LogP contribution in [0.15, 0.2) is 0 Å². The summed E-state index contributed by atoms with van der Waals surface area (Å²) in [6.07, 6.45) is 1.74. The van der Waals surface area contributed by atoms with Crippen molar-refractivity contribution in [2.75, 3.05) is 19.6 Å². The molecule has 0 radical (unpaired) electrons. The molecule has 1 saturated heterocycles. The number of hydrogen-bond acceptors (Lipinski definition) is 3. The minimum absolute atomic E-state index is 0.0324. The van der Waals surface area contributed by atoms with E-state index < -0.39 is 0 Å². The maximum Gasteiger partial charge on any atom is 0.224 e. The van der Waals surface area contributed by atoms with Gasteiger partial charge in [0.1, 0.15) is 0 Å². The topological polar surface area (TPSA) is 52.6 Å². The molecule has 1 aliphatic rings. The standard InChI is InChI=1S/C11H22N2O2/c1-11(2,3)5-6-12-10(14)9-4-7-13(15)8-9/h9,15H,4-8H2,1-3H3,(H,12,14). The molecule has 1 unspecified atom stereocenters. The Balaban J connectivity index is 2.19. The summed E-state index contributed by atoms with van der Waals surface area (Å²) in [7, 11) is 0. The molecular weight excluding hydrogens is 192 g/mol. The number of rotatable bonds is 3. The lowest BCUT2D eigenvalue weighted by atomic mass is 9.92. The molecule has 0 aromatic heterocycles. The second kappa shape index (κ2) is 4.94. The normalized spacial score (nSPS) is 23.1. The Kier molecular flexibility index (Phi) is 4.11. The van der Waals surface area contributed by atoms with E-state index in [1.807, 2.05) is 0 Å². The monoisotopic (exact) mass is 214 g/mol. The molecule has 88 valence electrons. The zero-order chi connectivity index (χ0) is 11.5. The van der Waals surface area contributed by atoms with Crippen LogP contribution in [-0.4, -0.2) is 35.8 Å². The van der Waals surface area contributed by atoms with E-state index in [4.69, 9.17) is 5.21 Å². The first-order valence-electron chi connectivity index (χ1n) is 5.60. The summed E-state index contributed by atoms with van der Waals surface area (Å²) in [6, 6.07) is 0. The molecule has 0 bridgehead atoms. The van der Waals surface area contributed by atoms with Gasteiger partial charge >= 0.3 is 0 Å². The number of hydrogen-bond donors (Lipinski definition) is 2. The SMILES string of the molecule is CC(C)(C)CCNC(=O)C1CCN(O)C1. The van der Waals surface area contributed by atoms with E-state index in [-0.39, 0.29) is 17.2 Å². The predicted molar refractivity (Wildman–Crippen MR) is 58.5 cm³/mol. The summed E-state index contributed by atoms with van der Waals surface area (Å²) in [6.45, 7) is 8.28. The predicted octanol–water partition coefficient (Wildman–Crippen LogP) is 1.25. The van der Waals surface area contributed by atoms with Crippen LogP contribution < -0.4 is 5.32 Å². The van der Waals surface area contributed by atoms with Gasteiger partial charge < -0.3 is 10.5 Å². The first-order chi connectivity index (χ1) is 6.88. The zero-order valence-corrected chi connectivity index (χ0v) is 9.92. The van der Waals surface area contributed by atoms with Gasteiger partial charge in [-0.25, -0.2) is 0 Å². The van der Waals surface area contributed by atoms with Crippen molar-refractivity contribution in [3.8, 4) is 0 Å². The Bertz CT molecular complexity index is 223. The van der Waals surface area contributed by atoms with E-state index in [2.05, 4.69) is 26.1 Å². The second-order valence-corrected chi connectivity index (χ2v) is 5.50. The molecule has 0 aliphatic carbocycles. The summed E-state index contributed by atoms with van der Waals surface area (Å²) < 4.78 is 0. The third-order valence-electron chi connectivity index (χ3n) is 2.71. The Morgan fingerprint density at radius 3 is 2.67 bits per heavy atom. The van der Waals surface area contributed by atoms with Gasteiger partial charge in [0.2, 0.25) is 5.91 Å². The summed E-state index contributed by atoms with van der Waals surface area (Å²) >= 11 is 0. The summed E-state index contributed by atoms with van der Waals surface area (Å²) in [4.78, 5) is 11.6. The highest BCUT2D eigenvalue weighted by Crippen LogP contribution is 2.18. The van der Waals surface area contributed by atoms with Crippen LogP contribution in [0.1, 0.15) is 33.6 Å². The maximum absolute atomic E-state index is 11.6. The van der Waals surface area contributed by atoms with E-state index >= 15 is 0 Å². The van der Waals surface area contributed by atoms with Crippen LogP contribution in [0.4, 0.5) is 0 Å². The molecule has 1 aliphatic heterocycles. The average molecular weight is 214 g/mol. The van der Waals surface area contributed by atoms with Crippen molar-refractivity contribution in [1.29, 1.82) is 0 Å². The van der Waals surface area contributed by atoms with Crippen LogP contribution in [0, 0.1) is 11.3 Å². The Morgan fingerprint density at radius 2 is 2.20 bits per heavy atom. The lowest BCUT2D eigenvalue weighted by Gasteiger charge is -2.19. The van der Waals surface area contributed by atoms with E-state index in [9.17, 15) is 4.79 Å². The number of hydroxylamine groups is 2. The highest BCUT2D eigenvalue weighted by Gasteiger charge is 2.27. The largest absolute Gasteiger partial charge is 0.356 e. The molecule has 0 saturated carbocycles. The second-order valence-electron chi connectivity index (χ2n) is 5.50. The lowest BCUT2D eigenvalue weighted by molar-refractivity contribution is -0.126. The third-order valence-corrected chi connectivity index (χ3v) is 2.71. The number of nitrogens with one attached hydrogen (secondary N) is 1. The van der Waals surface area contributed by atoms with Gasteiger partial charge in [0.15, 0.2) is 0 Å². The van der Waals surface area contributed by atoms with E-state index in [0.717, 1.165) is 19.4 Å². The maximum atomic E-state index is 11.6. The van der Waals surface area contributed by atoms with Gasteiger partial charge in [-0.3, -0.25) is 4.79 Å². The van der Waals surface area contributed by atoms with E-state index in [0.29, 0.717) is 13.1 Å². The molecule has 4 nitrogen and oxygen atoms in total. The Hall–Kier alpha value is -0.610. The minimum atomic E-state index is -0.0324. The summed E-state index contributed by atoms with van der Waals surface area (Å²) in [5, 5.41) is 13.3. The van der Waals surface area contributed by atoms with Crippen LogP contribution in [0.5, 0.6) is 0 Å². The van der Waals surface area contributed by atoms with E-state index in [1.165, 1.54) is 5.06 Å². The molecule has 1 fully saturated rings. The molecule has 1 heterocycles. The fourth-order valence-electron chi connectivity index (χ4n) is 1.66. The van der Waals surface area contributed by atoms with Crippen molar-refractivity contribution in [3.63, 3.8) is 0 Å². The molecule has 15 heavy (non-hydrogen) atoms. The van der Waals surface area contributed by atoms with Crippen molar-refractivity contribution in [2.45, 2.75) is 33.6 Å². The third kappa shape index (κ3) is 4.62. The quantitative estimate of drug-likeness (QED) is 0.743. The van der Waals surface area contributed by atoms with Crippen LogP contribution in [0.25, 0.3) is 0 Å². The van der Waals surface area contributed by atoms with Gasteiger partial charge in [-0.2, -0.15) is 5.06 Å². The van der Waals surface area contributed by atoms with Gasteiger partial charge in [0.05, 0.1) is 5.92 Å². The minimum Gasteiger partial charge on any atom is -0.356 e. The summed E-state index contributed by atoms with van der Waals surface area (Å²) in [5.74, 6) is 0.0470. The Labute approximate surface area is 91.6 Å². The highest BCUT2D eigenvalue weighted by atomic mass is 16.5. The molecular formula is C11H22N2O2. The highest BCUT2D eigenvalue weighted by molar-refractivity contribution is 5.79.